The average Bonchev–Trinajstić information content (AvgIpc) is 2.84. The van der Waals surface area contributed by atoms with Crippen molar-refractivity contribution >= 4 is 5.91 Å². The summed E-state index contributed by atoms with van der Waals surface area (Å²) in [6, 6.07) is 0.747. The first-order chi connectivity index (χ1) is 6.31. The Morgan fingerprint density at radius 3 is 3.23 bits per heavy atom. The molecule has 0 bridgehead atoms. The van der Waals surface area contributed by atoms with Crippen LogP contribution in [0.2, 0.25) is 0 Å². The number of rotatable bonds is 3. The monoisotopic (exact) mass is 182 g/mol. The molecule has 1 heterocycles. The molecule has 3 heteroatoms. The molecule has 0 aromatic heterocycles. The Labute approximate surface area is 79.5 Å². The summed E-state index contributed by atoms with van der Waals surface area (Å²) in [5, 5.41) is 2.85. The Morgan fingerprint density at radius 2 is 2.46 bits per heavy atom. The zero-order valence-electron chi connectivity index (χ0n) is 8.25. The Balaban J connectivity index is 1.77. The van der Waals surface area contributed by atoms with Gasteiger partial charge in [0.25, 0.3) is 0 Å². The Morgan fingerprint density at radius 1 is 1.62 bits per heavy atom. The van der Waals surface area contributed by atoms with Crippen LogP contribution >= 0.6 is 0 Å². The molecule has 1 amide bonds. The number of piperidine rings is 1. The summed E-state index contributed by atoms with van der Waals surface area (Å²) in [5.74, 6) is 1.11. The van der Waals surface area contributed by atoms with Gasteiger partial charge >= 0.3 is 0 Å². The summed E-state index contributed by atoms with van der Waals surface area (Å²) in [6.45, 7) is 4.46. The van der Waals surface area contributed by atoms with E-state index in [-0.39, 0.29) is 5.91 Å². The first-order valence-corrected chi connectivity index (χ1v) is 5.32. The fourth-order valence-corrected chi connectivity index (χ4v) is 2.35. The quantitative estimate of drug-likeness (QED) is 0.693. The molecule has 2 aliphatic rings. The van der Waals surface area contributed by atoms with Crippen LogP contribution in [0.25, 0.3) is 0 Å². The van der Waals surface area contributed by atoms with Gasteiger partial charge in [0.1, 0.15) is 0 Å². The van der Waals surface area contributed by atoms with E-state index in [1.807, 2.05) is 6.92 Å². The highest BCUT2D eigenvalue weighted by Gasteiger charge is 2.44. The van der Waals surface area contributed by atoms with Crippen LogP contribution in [0.4, 0.5) is 0 Å². The number of likely N-dealkylation sites (N-methyl/N-ethyl adjacent to an activating group) is 1. The molecule has 13 heavy (non-hydrogen) atoms. The van der Waals surface area contributed by atoms with Crippen molar-refractivity contribution in [1.82, 2.24) is 10.2 Å². The third kappa shape index (κ3) is 2.02. The third-order valence-corrected chi connectivity index (χ3v) is 3.10. The van der Waals surface area contributed by atoms with Gasteiger partial charge in [0.2, 0.25) is 5.91 Å². The second-order valence-electron chi connectivity index (χ2n) is 4.13. The van der Waals surface area contributed by atoms with E-state index >= 15 is 0 Å². The number of fused-ring (bicyclic) bond motifs is 1. The molecule has 1 N–H and O–H groups in total. The maximum absolute atomic E-state index is 11.3. The maximum Gasteiger partial charge on any atom is 0.234 e. The summed E-state index contributed by atoms with van der Waals surface area (Å²) in [7, 11) is 0. The predicted octanol–water partition coefficient (Wildman–Crippen LogP) is 0.607. The summed E-state index contributed by atoms with van der Waals surface area (Å²) in [4.78, 5) is 13.7. The minimum atomic E-state index is 0.190. The van der Waals surface area contributed by atoms with Gasteiger partial charge < -0.3 is 5.32 Å². The molecule has 1 aliphatic carbocycles. The first kappa shape index (κ1) is 9.00. The van der Waals surface area contributed by atoms with Crippen LogP contribution in [0.15, 0.2) is 0 Å². The molecule has 2 rings (SSSR count). The zero-order valence-corrected chi connectivity index (χ0v) is 8.25. The van der Waals surface area contributed by atoms with Gasteiger partial charge in [-0.05, 0) is 38.6 Å². The molecule has 0 aromatic carbocycles. The van der Waals surface area contributed by atoms with E-state index in [0.717, 1.165) is 25.0 Å². The summed E-state index contributed by atoms with van der Waals surface area (Å²) in [5.41, 5.74) is 0. The van der Waals surface area contributed by atoms with Crippen LogP contribution in [0.1, 0.15) is 26.2 Å². The standard InChI is InChI=1S/C10H18N2O/c1-2-11-10(13)7-12-5-3-4-8-6-9(8)12/h8-9H,2-7H2,1H3,(H,11,13). The average molecular weight is 182 g/mol. The number of amides is 1. The van der Waals surface area contributed by atoms with Crippen LogP contribution in [-0.2, 0) is 4.79 Å². The van der Waals surface area contributed by atoms with Crippen LogP contribution in [0.5, 0.6) is 0 Å². The third-order valence-electron chi connectivity index (χ3n) is 3.10. The topological polar surface area (TPSA) is 32.3 Å². The van der Waals surface area contributed by atoms with Gasteiger partial charge in [0.15, 0.2) is 0 Å². The molecule has 0 spiro atoms. The van der Waals surface area contributed by atoms with Crippen LogP contribution in [0, 0.1) is 5.92 Å². The van der Waals surface area contributed by atoms with E-state index < -0.39 is 0 Å². The lowest BCUT2D eigenvalue weighted by molar-refractivity contribution is -0.122. The predicted molar refractivity (Wildman–Crippen MR) is 51.4 cm³/mol. The number of carbonyl (C=O) groups is 1. The number of hydrogen-bond donors (Lipinski definition) is 1. The second-order valence-corrected chi connectivity index (χ2v) is 4.13. The molecular weight excluding hydrogens is 164 g/mol. The van der Waals surface area contributed by atoms with E-state index in [1.165, 1.54) is 19.3 Å². The van der Waals surface area contributed by atoms with Gasteiger partial charge in [-0.15, -0.1) is 0 Å². The number of nitrogens with zero attached hydrogens (tertiary/aromatic N) is 1. The molecule has 3 nitrogen and oxygen atoms in total. The van der Waals surface area contributed by atoms with E-state index in [1.54, 1.807) is 0 Å². The molecule has 0 aromatic rings. The Kier molecular flexibility index (Phi) is 2.54. The van der Waals surface area contributed by atoms with Gasteiger partial charge in [0, 0.05) is 12.6 Å². The van der Waals surface area contributed by atoms with Gasteiger partial charge in [-0.25, -0.2) is 0 Å². The molecule has 1 saturated heterocycles. The van der Waals surface area contributed by atoms with E-state index in [0.29, 0.717) is 6.54 Å². The van der Waals surface area contributed by atoms with Crippen molar-refractivity contribution < 1.29 is 4.79 Å². The fraction of sp³-hybridized carbons (Fsp3) is 0.900. The lowest BCUT2D eigenvalue weighted by Gasteiger charge is -2.25. The number of nitrogens with one attached hydrogen (secondary N) is 1. The normalized spacial score (nSPS) is 32.4. The highest BCUT2D eigenvalue weighted by Crippen LogP contribution is 2.42. The minimum absolute atomic E-state index is 0.190. The highest BCUT2D eigenvalue weighted by atomic mass is 16.2. The Bertz CT molecular complexity index is 205. The first-order valence-electron chi connectivity index (χ1n) is 5.32. The molecule has 1 saturated carbocycles. The summed E-state index contributed by atoms with van der Waals surface area (Å²) < 4.78 is 0. The maximum atomic E-state index is 11.3. The summed E-state index contributed by atoms with van der Waals surface area (Å²) >= 11 is 0. The van der Waals surface area contributed by atoms with E-state index in [4.69, 9.17) is 0 Å². The lowest BCUT2D eigenvalue weighted by atomic mass is 10.1. The summed E-state index contributed by atoms with van der Waals surface area (Å²) in [6.07, 6.45) is 4.00. The number of hydrogen-bond acceptors (Lipinski definition) is 2. The van der Waals surface area contributed by atoms with E-state index in [2.05, 4.69) is 10.2 Å². The van der Waals surface area contributed by atoms with Crippen molar-refractivity contribution in [3.8, 4) is 0 Å². The van der Waals surface area contributed by atoms with Gasteiger partial charge in [-0.3, -0.25) is 9.69 Å². The molecule has 2 atom stereocenters. The van der Waals surface area contributed by atoms with Crippen molar-refractivity contribution in [2.75, 3.05) is 19.6 Å². The smallest absolute Gasteiger partial charge is 0.234 e. The van der Waals surface area contributed by atoms with Crippen LogP contribution in [-0.4, -0.2) is 36.5 Å². The molecule has 0 radical (unpaired) electrons. The van der Waals surface area contributed by atoms with Crippen molar-refractivity contribution in [1.29, 1.82) is 0 Å². The lowest BCUT2D eigenvalue weighted by Crippen LogP contribution is -2.40. The SMILES string of the molecule is CCNC(=O)CN1CCCC2CC21. The van der Waals surface area contributed by atoms with Crippen LogP contribution < -0.4 is 5.32 Å². The minimum Gasteiger partial charge on any atom is -0.355 e. The highest BCUT2D eigenvalue weighted by molar-refractivity contribution is 5.78. The van der Waals surface area contributed by atoms with Crippen molar-refractivity contribution in [2.45, 2.75) is 32.2 Å². The zero-order chi connectivity index (χ0) is 9.26. The molecule has 2 fully saturated rings. The van der Waals surface area contributed by atoms with Gasteiger partial charge in [-0.1, -0.05) is 0 Å². The van der Waals surface area contributed by atoms with E-state index in [9.17, 15) is 4.79 Å². The molecule has 1 aliphatic heterocycles. The van der Waals surface area contributed by atoms with Gasteiger partial charge in [0.05, 0.1) is 6.54 Å². The van der Waals surface area contributed by atoms with Crippen molar-refractivity contribution in [3.63, 3.8) is 0 Å². The Hall–Kier alpha value is -0.570. The molecule has 74 valence electrons. The molecular formula is C10H18N2O. The fourth-order valence-electron chi connectivity index (χ4n) is 2.35. The molecule has 2 unspecified atom stereocenters. The van der Waals surface area contributed by atoms with Crippen LogP contribution in [0.3, 0.4) is 0 Å². The largest absolute Gasteiger partial charge is 0.355 e. The second kappa shape index (κ2) is 3.66. The number of likely N-dealkylation sites (tertiary alicyclic amines) is 1. The number of carbonyl (C=O) groups excluding carboxylic acids is 1. The van der Waals surface area contributed by atoms with Crippen molar-refractivity contribution in [2.24, 2.45) is 5.92 Å². The van der Waals surface area contributed by atoms with Gasteiger partial charge in [-0.2, -0.15) is 0 Å². The van der Waals surface area contributed by atoms with Crippen molar-refractivity contribution in [3.05, 3.63) is 0 Å².